The van der Waals surface area contributed by atoms with Crippen molar-refractivity contribution in [2.75, 3.05) is 13.1 Å². The van der Waals surface area contributed by atoms with Crippen molar-refractivity contribution in [2.24, 2.45) is 5.92 Å². The molecule has 1 aliphatic rings. The van der Waals surface area contributed by atoms with E-state index in [0.29, 0.717) is 0 Å². The Morgan fingerprint density at radius 3 is 2.60 bits per heavy atom. The monoisotopic (exact) mass is 298 g/mol. The van der Waals surface area contributed by atoms with E-state index in [9.17, 15) is 20.0 Å². The number of benzene rings is 1. The number of likely N-dealkylation sites (tertiary alicyclic amines) is 1. The van der Waals surface area contributed by atoms with E-state index in [1.807, 2.05) is 13.8 Å². The molecule has 0 bridgehead atoms. The normalized spacial score (nSPS) is 16.9. The molecule has 1 aliphatic heterocycles. The number of β-amino-alcohol motifs (C(OH)–C–C–N with tert-alkyl or cyclic N) is 1. The van der Waals surface area contributed by atoms with Crippen molar-refractivity contribution in [1.82, 2.24) is 4.90 Å². The van der Waals surface area contributed by atoms with Crippen molar-refractivity contribution in [1.29, 1.82) is 0 Å². The van der Waals surface area contributed by atoms with Gasteiger partial charge in [-0.3, -0.25) is 14.9 Å². The van der Waals surface area contributed by atoms with Gasteiger partial charge < -0.3 is 10.0 Å². The van der Waals surface area contributed by atoms with Crippen LogP contribution in [0.2, 0.25) is 5.02 Å². The van der Waals surface area contributed by atoms with Gasteiger partial charge in [-0.25, -0.2) is 0 Å². The standard InChI is InChI=1S/C13H15ClN2O4/c1-8(2)13(18)6-15(7-13)12(17)9-3-4-10(14)11(5-9)16(19)20/h3-5,8,18H,6-7H2,1-2H3. The second kappa shape index (κ2) is 5.03. The first-order valence-electron chi connectivity index (χ1n) is 6.20. The van der Waals surface area contributed by atoms with E-state index in [0.717, 1.165) is 6.07 Å². The van der Waals surface area contributed by atoms with Crippen molar-refractivity contribution in [3.8, 4) is 0 Å². The third-order valence-corrected chi connectivity index (χ3v) is 4.00. The Kier molecular flexibility index (Phi) is 3.71. The molecule has 1 aromatic rings. The molecule has 0 saturated carbocycles. The van der Waals surface area contributed by atoms with Gasteiger partial charge in [0.15, 0.2) is 0 Å². The number of carbonyl (C=O) groups excluding carboxylic acids is 1. The summed E-state index contributed by atoms with van der Waals surface area (Å²) in [6.07, 6.45) is 0. The number of nitro groups is 1. The van der Waals surface area contributed by atoms with Crippen LogP contribution in [0.25, 0.3) is 0 Å². The second-order valence-corrected chi connectivity index (χ2v) is 5.75. The van der Waals surface area contributed by atoms with E-state index >= 15 is 0 Å². The second-order valence-electron chi connectivity index (χ2n) is 5.34. The number of hydrogen-bond acceptors (Lipinski definition) is 4. The fourth-order valence-electron chi connectivity index (χ4n) is 2.09. The van der Waals surface area contributed by atoms with E-state index in [1.54, 1.807) is 0 Å². The number of carbonyl (C=O) groups is 1. The molecule has 1 saturated heterocycles. The van der Waals surface area contributed by atoms with E-state index in [2.05, 4.69) is 0 Å². The van der Waals surface area contributed by atoms with Crippen LogP contribution in [0.15, 0.2) is 18.2 Å². The van der Waals surface area contributed by atoms with Gasteiger partial charge in [-0.2, -0.15) is 0 Å². The summed E-state index contributed by atoms with van der Waals surface area (Å²) in [5.41, 5.74) is -0.961. The minimum Gasteiger partial charge on any atom is -0.386 e. The Bertz CT molecular complexity index is 567. The SMILES string of the molecule is CC(C)C1(O)CN(C(=O)c2ccc(Cl)c([N+](=O)[O-])c2)C1. The Morgan fingerprint density at radius 2 is 2.10 bits per heavy atom. The maximum atomic E-state index is 12.2. The average Bonchev–Trinajstić information content (AvgIpc) is 2.34. The van der Waals surface area contributed by atoms with Gasteiger partial charge in [-0.05, 0) is 18.1 Å². The fourth-order valence-corrected chi connectivity index (χ4v) is 2.28. The molecule has 0 atom stereocenters. The van der Waals surface area contributed by atoms with E-state index in [1.165, 1.54) is 17.0 Å². The first-order valence-corrected chi connectivity index (χ1v) is 6.58. The lowest BCUT2D eigenvalue weighted by atomic mass is 9.82. The molecule has 0 unspecified atom stereocenters. The zero-order chi connectivity index (χ0) is 15.1. The third kappa shape index (κ3) is 2.48. The van der Waals surface area contributed by atoms with Crippen molar-refractivity contribution < 1.29 is 14.8 Å². The smallest absolute Gasteiger partial charge is 0.288 e. The summed E-state index contributed by atoms with van der Waals surface area (Å²) < 4.78 is 0. The molecule has 20 heavy (non-hydrogen) atoms. The minimum atomic E-state index is -0.867. The van der Waals surface area contributed by atoms with Gasteiger partial charge in [0.25, 0.3) is 11.6 Å². The number of hydrogen-bond donors (Lipinski definition) is 1. The molecule has 0 radical (unpaired) electrons. The number of nitrogens with zero attached hydrogens (tertiary/aromatic N) is 2. The highest BCUT2D eigenvalue weighted by Crippen LogP contribution is 2.31. The van der Waals surface area contributed by atoms with Gasteiger partial charge in [0, 0.05) is 11.6 Å². The van der Waals surface area contributed by atoms with Crippen LogP contribution in [0.4, 0.5) is 5.69 Å². The topological polar surface area (TPSA) is 83.7 Å². The zero-order valence-corrected chi connectivity index (χ0v) is 11.9. The van der Waals surface area contributed by atoms with Crippen LogP contribution in [0, 0.1) is 16.0 Å². The van der Waals surface area contributed by atoms with Gasteiger partial charge >= 0.3 is 0 Å². The molecule has 1 fully saturated rings. The van der Waals surface area contributed by atoms with Crippen molar-refractivity contribution >= 4 is 23.2 Å². The maximum Gasteiger partial charge on any atom is 0.288 e. The average molecular weight is 299 g/mol. The quantitative estimate of drug-likeness (QED) is 0.684. The van der Waals surface area contributed by atoms with E-state index < -0.39 is 10.5 Å². The summed E-state index contributed by atoms with van der Waals surface area (Å²) >= 11 is 5.70. The van der Waals surface area contributed by atoms with Crippen molar-refractivity contribution in [2.45, 2.75) is 19.4 Å². The highest BCUT2D eigenvalue weighted by Gasteiger charge is 2.46. The first kappa shape index (κ1) is 14.7. The molecule has 0 spiro atoms. The lowest BCUT2D eigenvalue weighted by Crippen LogP contribution is -2.65. The maximum absolute atomic E-state index is 12.2. The van der Waals surface area contributed by atoms with Crippen molar-refractivity contribution in [3.63, 3.8) is 0 Å². The van der Waals surface area contributed by atoms with Crippen LogP contribution >= 0.6 is 11.6 Å². The van der Waals surface area contributed by atoms with Gasteiger partial charge in [-0.15, -0.1) is 0 Å². The number of aliphatic hydroxyl groups is 1. The zero-order valence-electron chi connectivity index (χ0n) is 11.2. The molecule has 1 aromatic carbocycles. The molecule has 0 aliphatic carbocycles. The Hall–Kier alpha value is -1.66. The summed E-state index contributed by atoms with van der Waals surface area (Å²) in [7, 11) is 0. The first-order chi connectivity index (χ1) is 9.24. The molecular formula is C13H15ClN2O4. The highest BCUT2D eigenvalue weighted by molar-refractivity contribution is 6.32. The summed E-state index contributed by atoms with van der Waals surface area (Å²) in [5.74, 6) is -0.291. The predicted molar refractivity (Wildman–Crippen MR) is 73.8 cm³/mol. The molecular weight excluding hydrogens is 284 g/mol. The summed E-state index contributed by atoms with van der Waals surface area (Å²) in [6, 6.07) is 3.95. The summed E-state index contributed by atoms with van der Waals surface area (Å²) in [5, 5.41) is 20.9. The van der Waals surface area contributed by atoms with E-state index in [4.69, 9.17) is 11.6 Å². The summed E-state index contributed by atoms with van der Waals surface area (Å²) in [6.45, 7) is 4.24. The van der Waals surface area contributed by atoms with Crippen LogP contribution in [-0.4, -0.2) is 39.5 Å². The van der Waals surface area contributed by atoms with Gasteiger partial charge in [0.1, 0.15) is 10.6 Å². The van der Waals surface area contributed by atoms with Crippen LogP contribution in [0.5, 0.6) is 0 Å². The fraction of sp³-hybridized carbons (Fsp3) is 0.462. The molecule has 2 rings (SSSR count). The molecule has 1 heterocycles. The number of amides is 1. The highest BCUT2D eigenvalue weighted by atomic mass is 35.5. The van der Waals surface area contributed by atoms with Gasteiger partial charge in [0.05, 0.1) is 18.0 Å². The summed E-state index contributed by atoms with van der Waals surface area (Å²) in [4.78, 5) is 23.8. The molecule has 0 aromatic heterocycles. The molecule has 1 N–H and O–H groups in total. The lowest BCUT2D eigenvalue weighted by Gasteiger charge is -2.49. The van der Waals surface area contributed by atoms with Crippen molar-refractivity contribution in [3.05, 3.63) is 38.9 Å². The number of nitro benzene ring substituents is 1. The third-order valence-electron chi connectivity index (χ3n) is 3.68. The number of rotatable bonds is 3. The van der Waals surface area contributed by atoms with Gasteiger partial charge in [0.2, 0.25) is 0 Å². The Morgan fingerprint density at radius 1 is 1.50 bits per heavy atom. The largest absolute Gasteiger partial charge is 0.386 e. The van der Waals surface area contributed by atoms with Crippen LogP contribution < -0.4 is 0 Å². The van der Waals surface area contributed by atoms with Gasteiger partial charge in [-0.1, -0.05) is 25.4 Å². The minimum absolute atomic E-state index is 0.00570. The Labute approximate surface area is 121 Å². The van der Waals surface area contributed by atoms with Crippen LogP contribution in [-0.2, 0) is 0 Å². The van der Waals surface area contributed by atoms with Crippen LogP contribution in [0.3, 0.4) is 0 Å². The Balaban J connectivity index is 2.16. The molecule has 7 heteroatoms. The van der Waals surface area contributed by atoms with E-state index in [-0.39, 0.29) is 41.2 Å². The lowest BCUT2D eigenvalue weighted by molar-refractivity contribution is -0.384. The molecule has 1 amide bonds. The number of halogens is 1. The molecule has 108 valence electrons. The predicted octanol–water partition coefficient (Wildman–Crippen LogP) is 2.09. The van der Waals surface area contributed by atoms with Crippen LogP contribution in [0.1, 0.15) is 24.2 Å². The molecule has 6 nitrogen and oxygen atoms in total.